The average Bonchev–Trinajstić information content (AvgIpc) is 2.65. The molecular weight excluding hydrogens is 334 g/mol. The Balaban J connectivity index is 1.82. The van der Waals surface area contributed by atoms with Crippen molar-refractivity contribution in [1.29, 1.82) is 0 Å². The molecule has 3 rings (SSSR count). The number of fused-ring (bicyclic) bond motifs is 1. The van der Waals surface area contributed by atoms with Crippen molar-refractivity contribution in [2.45, 2.75) is 25.8 Å². The molecule has 26 heavy (non-hydrogen) atoms. The maximum atomic E-state index is 12.8. The summed E-state index contributed by atoms with van der Waals surface area (Å²) in [6.45, 7) is 1.83. The zero-order valence-electron chi connectivity index (χ0n) is 14.6. The minimum Gasteiger partial charge on any atom is -0.335 e. The molecule has 2 amide bonds. The van der Waals surface area contributed by atoms with E-state index in [1.807, 2.05) is 6.92 Å². The van der Waals surface area contributed by atoms with E-state index in [2.05, 4.69) is 5.32 Å². The van der Waals surface area contributed by atoms with Crippen LogP contribution < -0.4 is 5.32 Å². The molecule has 1 unspecified atom stereocenters. The molecule has 2 aromatic rings. The van der Waals surface area contributed by atoms with Gasteiger partial charge in [-0.2, -0.15) is 0 Å². The summed E-state index contributed by atoms with van der Waals surface area (Å²) >= 11 is 0. The van der Waals surface area contributed by atoms with Crippen molar-refractivity contribution in [3.63, 3.8) is 0 Å². The second-order valence-corrected chi connectivity index (χ2v) is 6.36. The Bertz CT molecular complexity index is 894. The SMILES string of the molecule is CC(c1cccc([N+](=O)[O-])c1)N(C)C(=O)c1ccc2c(c1)CCC(=O)N2. The molecule has 0 bridgehead atoms. The fourth-order valence-electron chi connectivity index (χ4n) is 3.02. The zero-order valence-corrected chi connectivity index (χ0v) is 14.6. The summed E-state index contributed by atoms with van der Waals surface area (Å²) in [6, 6.07) is 11.2. The molecule has 0 radical (unpaired) electrons. The third-order valence-corrected chi connectivity index (χ3v) is 4.71. The highest BCUT2D eigenvalue weighted by Gasteiger charge is 2.22. The molecule has 1 aliphatic heterocycles. The highest BCUT2D eigenvalue weighted by molar-refractivity contribution is 5.98. The summed E-state index contributed by atoms with van der Waals surface area (Å²) in [5, 5.41) is 13.7. The molecule has 0 spiro atoms. The number of nitrogens with one attached hydrogen (secondary N) is 1. The smallest absolute Gasteiger partial charge is 0.269 e. The Labute approximate surface area is 150 Å². The predicted molar refractivity (Wildman–Crippen MR) is 97.0 cm³/mol. The third kappa shape index (κ3) is 3.42. The Morgan fingerprint density at radius 3 is 2.73 bits per heavy atom. The van der Waals surface area contributed by atoms with Crippen LogP contribution in [-0.2, 0) is 11.2 Å². The molecule has 1 heterocycles. The van der Waals surface area contributed by atoms with Crippen LogP contribution in [0.3, 0.4) is 0 Å². The second-order valence-electron chi connectivity index (χ2n) is 6.36. The first-order valence-corrected chi connectivity index (χ1v) is 8.31. The van der Waals surface area contributed by atoms with Crippen molar-refractivity contribution in [2.75, 3.05) is 12.4 Å². The van der Waals surface area contributed by atoms with E-state index in [1.54, 1.807) is 42.3 Å². The van der Waals surface area contributed by atoms with Crippen LogP contribution in [0.2, 0.25) is 0 Å². The summed E-state index contributed by atoms with van der Waals surface area (Å²) in [5.74, 6) is -0.198. The van der Waals surface area contributed by atoms with Crippen molar-refractivity contribution in [3.05, 3.63) is 69.3 Å². The first kappa shape index (κ1) is 17.6. The number of amides is 2. The van der Waals surface area contributed by atoms with Gasteiger partial charge in [-0.3, -0.25) is 19.7 Å². The molecule has 1 atom stereocenters. The fraction of sp³-hybridized carbons (Fsp3) is 0.263. The maximum absolute atomic E-state index is 12.8. The lowest BCUT2D eigenvalue weighted by Crippen LogP contribution is -2.30. The maximum Gasteiger partial charge on any atom is 0.269 e. The topological polar surface area (TPSA) is 92.6 Å². The molecule has 0 fully saturated rings. The summed E-state index contributed by atoms with van der Waals surface area (Å²) < 4.78 is 0. The van der Waals surface area contributed by atoms with E-state index < -0.39 is 4.92 Å². The molecule has 2 aromatic carbocycles. The van der Waals surface area contributed by atoms with Crippen molar-refractivity contribution >= 4 is 23.2 Å². The highest BCUT2D eigenvalue weighted by atomic mass is 16.6. The van der Waals surface area contributed by atoms with Crippen molar-refractivity contribution in [3.8, 4) is 0 Å². The minimum absolute atomic E-state index is 0.000258. The Morgan fingerprint density at radius 2 is 2.00 bits per heavy atom. The van der Waals surface area contributed by atoms with Gasteiger partial charge in [-0.05, 0) is 42.7 Å². The normalized spacial score (nSPS) is 14.2. The Kier molecular flexibility index (Phi) is 4.71. The number of carbonyl (C=O) groups is 2. The van der Waals surface area contributed by atoms with E-state index in [9.17, 15) is 19.7 Å². The first-order chi connectivity index (χ1) is 12.4. The van der Waals surface area contributed by atoms with Crippen molar-refractivity contribution in [1.82, 2.24) is 4.90 Å². The number of hydrogen-bond acceptors (Lipinski definition) is 4. The largest absolute Gasteiger partial charge is 0.335 e. The summed E-state index contributed by atoms with van der Waals surface area (Å²) in [4.78, 5) is 36.3. The number of nitrogens with zero attached hydrogens (tertiary/aromatic N) is 2. The number of benzene rings is 2. The van der Waals surface area contributed by atoms with E-state index in [4.69, 9.17) is 0 Å². The molecule has 0 saturated carbocycles. The number of carbonyl (C=O) groups excluding carboxylic acids is 2. The Hall–Kier alpha value is -3.22. The van der Waals surface area contributed by atoms with E-state index in [0.717, 1.165) is 11.3 Å². The lowest BCUT2D eigenvalue weighted by atomic mass is 9.99. The molecule has 1 N–H and O–H groups in total. The van der Waals surface area contributed by atoms with Crippen LogP contribution in [0.1, 0.15) is 40.9 Å². The molecular formula is C19H19N3O4. The lowest BCUT2D eigenvalue weighted by molar-refractivity contribution is -0.384. The second kappa shape index (κ2) is 6.95. The quantitative estimate of drug-likeness (QED) is 0.674. The Morgan fingerprint density at radius 1 is 1.23 bits per heavy atom. The van der Waals surface area contributed by atoms with E-state index in [-0.39, 0.29) is 23.5 Å². The van der Waals surface area contributed by atoms with Gasteiger partial charge in [0.1, 0.15) is 0 Å². The van der Waals surface area contributed by atoms with E-state index in [0.29, 0.717) is 24.0 Å². The van der Waals surface area contributed by atoms with Gasteiger partial charge in [0.15, 0.2) is 0 Å². The molecule has 0 saturated heterocycles. The van der Waals surface area contributed by atoms with Gasteiger partial charge < -0.3 is 10.2 Å². The van der Waals surface area contributed by atoms with Gasteiger partial charge in [-0.15, -0.1) is 0 Å². The van der Waals surface area contributed by atoms with Crippen molar-refractivity contribution < 1.29 is 14.5 Å². The number of rotatable bonds is 4. The monoisotopic (exact) mass is 353 g/mol. The number of anilines is 1. The van der Waals surface area contributed by atoms with E-state index in [1.165, 1.54) is 12.1 Å². The molecule has 0 aromatic heterocycles. The predicted octanol–water partition coefficient (Wildman–Crippen LogP) is 3.31. The summed E-state index contributed by atoms with van der Waals surface area (Å²) in [7, 11) is 1.67. The molecule has 134 valence electrons. The van der Waals surface area contributed by atoms with E-state index >= 15 is 0 Å². The van der Waals surface area contributed by atoms with Crippen molar-refractivity contribution in [2.24, 2.45) is 0 Å². The standard InChI is InChI=1S/C19H19N3O4/c1-12(13-4-3-5-16(11-13)22(25)26)21(2)19(24)15-6-8-17-14(10-15)7-9-18(23)20-17/h3-6,8,10-12H,7,9H2,1-2H3,(H,20,23). The van der Waals surface area contributed by atoms with Crippen LogP contribution in [0.15, 0.2) is 42.5 Å². The number of nitro groups is 1. The highest BCUT2D eigenvalue weighted by Crippen LogP contribution is 2.27. The molecule has 1 aliphatic rings. The summed E-state index contributed by atoms with van der Waals surface area (Å²) in [6.07, 6.45) is 1.01. The number of hydrogen-bond donors (Lipinski definition) is 1. The van der Waals surface area contributed by atoms with Gasteiger partial charge in [-0.25, -0.2) is 0 Å². The molecule has 7 nitrogen and oxygen atoms in total. The van der Waals surface area contributed by atoms with Gasteiger partial charge in [0, 0.05) is 36.9 Å². The molecule has 7 heteroatoms. The zero-order chi connectivity index (χ0) is 18.8. The molecule has 0 aliphatic carbocycles. The van der Waals surface area contributed by atoms with Gasteiger partial charge in [0.25, 0.3) is 11.6 Å². The van der Waals surface area contributed by atoms with Crippen LogP contribution in [0.4, 0.5) is 11.4 Å². The fourth-order valence-corrected chi connectivity index (χ4v) is 3.02. The van der Waals surface area contributed by atoms with Crippen LogP contribution in [0, 0.1) is 10.1 Å². The lowest BCUT2D eigenvalue weighted by Gasteiger charge is -2.26. The third-order valence-electron chi connectivity index (χ3n) is 4.71. The number of non-ortho nitro benzene ring substituents is 1. The van der Waals surface area contributed by atoms with Crippen LogP contribution in [0.5, 0.6) is 0 Å². The van der Waals surface area contributed by atoms with Crippen LogP contribution >= 0.6 is 0 Å². The van der Waals surface area contributed by atoms with Gasteiger partial charge in [0.05, 0.1) is 11.0 Å². The number of aryl methyl sites for hydroxylation is 1. The van der Waals surface area contributed by atoms with Crippen LogP contribution in [0.25, 0.3) is 0 Å². The van der Waals surface area contributed by atoms with Gasteiger partial charge in [0.2, 0.25) is 5.91 Å². The average molecular weight is 353 g/mol. The minimum atomic E-state index is -0.449. The summed E-state index contributed by atoms with van der Waals surface area (Å²) in [5.41, 5.74) is 2.90. The first-order valence-electron chi connectivity index (χ1n) is 8.31. The van der Waals surface area contributed by atoms with Crippen LogP contribution in [-0.4, -0.2) is 28.7 Å². The van der Waals surface area contributed by atoms with Gasteiger partial charge >= 0.3 is 0 Å². The van der Waals surface area contributed by atoms with Gasteiger partial charge in [-0.1, -0.05) is 12.1 Å². The number of nitro benzene ring substituents is 1.